The highest BCUT2D eigenvalue weighted by Crippen LogP contribution is 2.16. The first-order valence-electron chi connectivity index (χ1n) is 6.25. The number of aliphatic hydroxyl groups is 1. The standard InChI is InChI=1S/C12H24N2O2/c1-10(2)13-6-5-12(16)14-7-3-4-11(8-14)9-15/h10-11,13,15H,3-9H2,1-2H3. The molecule has 0 aromatic rings. The summed E-state index contributed by atoms with van der Waals surface area (Å²) in [5.41, 5.74) is 0. The Morgan fingerprint density at radius 3 is 2.94 bits per heavy atom. The van der Waals surface area contributed by atoms with Gasteiger partial charge in [-0.05, 0) is 18.8 Å². The number of nitrogens with zero attached hydrogens (tertiary/aromatic N) is 1. The summed E-state index contributed by atoms with van der Waals surface area (Å²) in [6.45, 7) is 6.69. The van der Waals surface area contributed by atoms with Gasteiger partial charge in [-0.15, -0.1) is 0 Å². The number of likely N-dealkylation sites (tertiary alicyclic amines) is 1. The molecule has 1 fully saturated rings. The Balaban J connectivity index is 2.24. The molecule has 0 radical (unpaired) electrons. The van der Waals surface area contributed by atoms with E-state index in [-0.39, 0.29) is 18.4 Å². The van der Waals surface area contributed by atoms with Gasteiger partial charge in [0.25, 0.3) is 0 Å². The monoisotopic (exact) mass is 228 g/mol. The van der Waals surface area contributed by atoms with E-state index in [1.54, 1.807) is 0 Å². The van der Waals surface area contributed by atoms with Crippen molar-refractivity contribution in [2.75, 3.05) is 26.2 Å². The SMILES string of the molecule is CC(C)NCCC(=O)N1CCCC(CO)C1. The number of aliphatic hydroxyl groups excluding tert-OH is 1. The van der Waals surface area contributed by atoms with Crippen molar-refractivity contribution in [1.82, 2.24) is 10.2 Å². The zero-order chi connectivity index (χ0) is 12.0. The molecule has 4 heteroatoms. The smallest absolute Gasteiger partial charge is 0.223 e. The van der Waals surface area contributed by atoms with Gasteiger partial charge in [0.05, 0.1) is 0 Å². The molecule has 0 aromatic heterocycles. The Morgan fingerprint density at radius 2 is 2.31 bits per heavy atom. The predicted molar refractivity (Wildman–Crippen MR) is 64.1 cm³/mol. The first-order chi connectivity index (χ1) is 7.63. The lowest BCUT2D eigenvalue weighted by atomic mass is 9.99. The quantitative estimate of drug-likeness (QED) is 0.725. The van der Waals surface area contributed by atoms with Crippen LogP contribution in [0.5, 0.6) is 0 Å². The molecule has 4 nitrogen and oxygen atoms in total. The maximum absolute atomic E-state index is 11.8. The zero-order valence-corrected chi connectivity index (χ0v) is 10.4. The summed E-state index contributed by atoms with van der Waals surface area (Å²) in [6, 6.07) is 0.430. The van der Waals surface area contributed by atoms with Crippen LogP contribution in [-0.4, -0.2) is 48.2 Å². The van der Waals surface area contributed by atoms with E-state index in [2.05, 4.69) is 19.2 Å². The maximum atomic E-state index is 11.8. The molecule has 1 rings (SSSR count). The van der Waals surface area contributed by atoms with Crippen molar-refractivity contribution >= 4 is 5.91 Å². The number of hydrogen-bond donors (Lipinski definition) is 2. The molecule has 1 atom stereocenters. The molecule has 2 N–H and O–H groups in total. The van der Waals surface area contributed by atoms with Crippen molar-refractivity contribution in [3.63, 3.8) is 0 Å². The van der Waals surface area contributed by atoms with Crippen LogP contribution in [0.1, 0.15) is 33.1 Å². The highest BCUT2D eigenvalue weighted by atomic mass is 16.3. The maximum Gasteiger partial charge on any atom is 0.223 e. The van der Waals surface area contributed by atoms with Gasteiger partial charge in [0.2, 0.25) is 5.91 Å². The number of hydrogen-bond acceptors (Lipinski definition) is 3. The molecule has 94 valence electrons. The van der Waals surface area contributed by atoms with Gasteiger partial charge in [-0.2, -0.15) is 0 Å². The van der Waals surface area contributed by atoms with E-state index in [4.69, 9.17) is 5.11 Å². The molecular formula is C12H24N2O2. The number of amides is 1. The second-order valence-corrected chi connectivity index (χ2v) is 4.89. The number of piperidine rings is 1. The van der Waals surface area contributed by atoms with Crippen LogP contribution in [0.4, 0.5) is 0 Å². The van der Waals surface area contributed by atoms with E-state index < -0.39 is 0 Å². The van der Waals surface area contributed by atoms with Crippen LogP contribution in [0.3, 0.4) is 0 Å². The van der Waals surface area contributed by atoms with Crippen LogP contribution in [0.15, 0.2) is 0 Å². The lowest BCUT2D eigenvalue weighted by molar-refractivity contribution is -0.133. The number of carbonyl (C=O) groups excluding carboxylic acids is 1. The van der Waals surface area contributed by atoms with E-state index in [1.807, 2.05) is 4.90 Å². The molecule has 1 amide bonds. The molecule has 0 saturated carbocycles. The average Bonchev–Trinajstić information content (AvgIpc) is 2.28. The van der Waals surface area contributed by atoms with Crippen LogP contribution >= 0.6 is 0 Å². The Labute approximate surface area is 98.0 Å². The first-order valence-corrected chi connectivity index (χ1v) is 6.25. The minimum atomic E-state index is 0.202. The summed E-state index contributed by atoms with van der Waals surface area (Å²) in [4.78, 5) is 13.7. The van der Waals surface area contributed by atoms with Gasteiger partial charge in [-0.3, -0.25) is 4.79 Å². The van der Waals surface area contributed by atoms with Crippen LogP contribution < -0.4 is 5.32 Å². The minimum Gasteiger partial charge on any atom is -0.396 e. The fourth-order valence-corrected chi connectivity index (χ4v) is 2.07. The van der Waals surface area contributed by atoms with Crippen LogP contribution in [-0.2, 0) is 4.79 Å². The molecule has 0 spiro atoms. The summed E-state index contributed by atoms with van der Waals surface area (Å²) in [6.07, 6.45) is 2.63. The Bertz CT molecular complexity index is 219. The second-order valence-electron chi connectivity index (χ2n) is 4.89. The lowest BCUT2D eigenvalue weighted by Crippen LogP contribution is -2.42. The molecular weight excluding hydrogens is 204 g/mol. The van der Waals surface area contributed by atoms with Gasteiger partial charge < -0.3 is 15.3 Å². The zero-order valence-electron chi connectivity index (χ0n) is 10.4. The molecule has 1 saturated heterocycles. The van der Waals surface area contributed by atoms with E-state index in [1.165, 1.54) is 0 Å². The van der Waals surface area contributed by atoms with Gasteiger partial charge in [0, 0.05) is 38.7 Å². The molecule has 0 aromatic carbocycles. The first kappa shape index (κ1) is 13.5. The molecule has 1 aliphatic rings. The number of rotatable bonds is 5. The van der Waals surface area contributed by atoms with Crippen molar-refractivity contribution in [2.45, 2.75) is 39.2 Å². The van der Waals surface area contributed by atoms with Crippen molar-refractivity contribution in [2.24, 2.45) is 5.92 Å². The third-order valence-electron chi connectivity index (χ3n) is 3.02. The van der Waals surface area contributed by atoms with Crippen LogP contribution in [0, 0.1) is 5.92 Å². The van der Waals surface area contributed by atoms with E-state index >= 15 is 0 Å². The highest BCUT2D eigenvalue weighted by Gasteiger charge is 2.22. The van der Waals surface area contributed by atoms with E-state index in [0.29, 0.717) is 12.5 Å². The molecule has 1 heterocycles. The topological polar surface area (TPSA) is 52.6 Å². The number of nitrogens with one attached hydrogen (secondary N) is 1. The Morgan fingerprint density at radius 1 is 1.56 bits per heavy atom. The second kappa shape index (κ2) is 6.86. The molecule has 1 aliphatic heterocycles. The molecule has 0 bridgehead atoms. The number of carbonyl (C=O) groups is 1. The summed E-state index contributed by atoms with van der Waals surface area (Å²) in [5.74, 6) is 0.502. The van der Waals surface area contributed by atoms with Crippen LogP contribution in [0.2, 0.25) is 0 Å². The average molecular weight is 228 g/mol. The third kappa shape index (κ3) is 4.49. The van der Waals surface area contributed by atoms with Crippen LogP contribution in [0.25, 0.3) is 0 Å². The predicted octanol–water partition coefficient (Wildman–Crippen LogP) is 0.605. The van der Waals surface area contributed by atoms with E-state index in [9.17, 15) is 4.79 Å². The van der Waals surface area contributed by atoms with Gasteiger partial charge in [0.15, 0.2) is 0 Å². The molecule has 1 unspecified atom stereocenters. The Hall–Kier alpha value is -0.610. The largest absolute Gasteiger partial charge is 0.396 e. The molecule has 0 aliphatic carbocycles. The van der Waals surface area contributed by atoms with Gasteiger partial charge in [-0.1, -0.05) is 13.8 Å². The summed E-state index contributed by atoms with van der Waals surface area (Å²) < 4.78 is 0. The minimum absolute atomic E-state index is 0.202. The fraction of sp³-hybridized carbons (Fsp3) is 0.917. The van der Waals surface area contributed by atoms with Gasteiger partial charge in [-0.25, -0.2) is 0 Å². The lowest BCUT2D eigenvalue weighted by Gasteiger charge is -2.32. The highest BCUT2D eigenvalue weighted by molar-refractivity contribution is 5.76. The summed E-state index contributed by atoms with van der Waals surface area (Å²) >= 11 is 0. The third-order valence-corrected chi connectivity index (χ3v) is 3.02. The van der Waals surface area contributed by atoms with Gasteiger partial charge >= 0.3 is 0 Å². The van der Waals surface area contributed by atoms with Gasteiger partial charge in [0.1, 0.15) is 0 Å². The summed E-state index contributed by atoms with van der Waals surface area (Å²) in [7, 11) is 0. The van der Waals surface area contributed by atoms with Crippen molar-refractivity contribution < 1.29 is 9.90 Å². The van der Waals surface area contributed by atoms with E-state index in [0.717, 1.165) is 32.5 Å². The molecule has 16 heavy (non-hydrogen) atoms. The van der Waals surface area contributed by atoms with Crippen molar-refractivity contribution in [3.05, 3.63) is 0 Å². The van der Waals surface area contributed by atoms with Crippen molar-refractivity contribution in [1.29, 1.82) is 0 Å². The van der Waals surface area contributed by atoms with Crippen molar-refractivity contribution in [3.8, 4) is 0 Å². The fourth-order valence-electron chi connectivity index (χ4n) is 2.07. The Kier molecular flexibility index (Phi) is 5.77. The summed E-state index contributed by atoms with van der Waals surface area (Å²) in [5, 5.41) is 12.3. The normalized spacial score (nSPS) is 21.5.